The lowest BCUT2D eigenvalue weighted by molar-refractivity contribution is 0.282. The Morgan fingerprint density at radius 2 is 1.79 bits per heavy atom. The zero-order valence-corrected chi connectivity index (χ0v) is 10.4. The summed E-state index contributed by atoms with van der Waals surface area (Å²) in [6.45, 7) is 0.804. The Morgan fingerprint density at radius 3 is 2.37 bits per heavy atom. The largest absolute Gasteiger partial charge is 0.392 e. The summed E-state index contributed by atoms with van der Waals surface area (Å²) in [7, 11) is 0. The maximum atomic E-state index is 8.95. The van der Waals surface area contributed by atoms with Crippen LogP contribution >= 0.6 is 0 Å². The average Bonchev–Trinajstić information content (AvgIpc) is 2.49. The number of hydrogen-bond donors (Lipinski definition) is 2. The van der Waals surface area contributed by atoms with Crippen LogP contribution in [0.1, 0.15) is 16.8 Å². The molecule has 2 N–H and O–H groups in total. The number of aromatic nitrogens is 2. The van der Waals surface area contributed by atoms with Crippen molar-refractivity contribution in [1.82, 2.24) is 10.2 Å². The quantitative estimate of drug-likeness (QED) is 0.845. The van der Waals surface area contributed by atoms with Crippen LogP contribution in [-0.4, -0.2) is 21.8 Å². The van der Waals surface area contributed by atoms with E-state index >= 15 is 0 Å². The summed E-state index contributed by atoms with van der Waals surface area (Å²) in [5.74, 6) is 0.658. The van der Waals surface area contributed by atoms with Crippen molar-refractivity contribution in [3.05, 3.63) is 53.2 Å². The first-order valence-electron chi connectivity index (χ1n) is 5.98. The second-order valence-corrected chi connectivity index (χ2v) is 4.07. The molecule has 1 aromatic heterocycles. The highest BCUT2D eigenvalue weighted by Gasteiger charge is 1.97. The summed E-state index contributed by atoms with van der Waals surface area (Å²) in [5, 5.41) is 28.3. The van der Waals surface area contributed by atoms with Gasteiger partial charge in [-0.25, -0.2) is 0 Å². The molecular weight excluding hydrogens is 240 g/mol. The highest BCUT2D eigenvalue weighted by atomic mass is 16.3. The first kappa shape index (κ1) is 13.0. The highest BCUT2D eigenvalue weighted by molar-refractivity contribution is 5.35. The lowest BCUT2D eigenvalue weighted by Crippen LogP contribution is -2.07. The lowest BCUT2D eigenvalue weighted by Gasteiger charge is -2.05. The van der Waals surface area contributed by atoms with Crippen LogP contribution in [-0.2, 0) is 13.0 Å². The molecule has 96 valence electrons. The Kier molecular flexibility index (Phi) is 4.43. The van der Waals surface area contributed by atoms with Gasteiger partial charge in [0.2, 0.25) is 0 Å². The zero-order chi connectivity index (χ0) is 13.5. The minimum atomic E-state index is 0.0688. The van der Waals surface area contributed by atoms with Gasteiger partial charge in [-0.1, -0.05) is 24.3 Å². The van der Waals surface area contributed by atoms with Crippen molar-refractivity contribution in [3.8, 4) is 6.07 Å². The first-order chi connectivity index (χ1) is 9.31. The second-order valence-electron chi connectivity index (χ2n) is 4.07. The van der Waals surface area contributed by atoms with Gasteiger partial charge in [-0.15, -0.1) is 10.2 Å². The minimum absolute atomic E-state index is 0.0688. The molecule has 0 aliphatic heterocycles. The molecule has 5 heteroatoms. The highest BCUT2D eigenvalue weighted by Crippen LogP contribution is 2.06. The standard InChI is InChI=1S/C14H14N4O/c15-9-13-5-6-14(18-17-13)16-8-7-11-1-3-12(10-19)4-2-11/h1-6,19H,7-8,10H2,(H,16,18). The van der Waals surface area contributed by atoms with Gasteiger partial charge in [0.1, 0.15) is 11.9 Å². The topological polar surface area (TPSA) is 81.8 Å². The Labute approximate surface area is 111 Å². The number of aliphatic hydroxyl groups is 1. The van der Waals surface area contributed by atoms with Crippen molar-refractivity contribution in [2.75, 3.05) is 11.9 Å². The normalized spacial score (nSPS) is 9.89. The molecular formula is C14H14N4O. The van der Waals surface area contributed by atoms with E-state index < -0.39 is 0 Å². The molecule has 0 aliphatic rings. The van der Waals surface area contributed by atoms with Gasteiger partial charge in [0.05, 0.1) is 6.61 Å². The number of nitrogens with one attached hydrogen (secondary N) is 1. The predicted octanol–water partition coefficient (Wildman–Crippen LogP) is 1.50. The van der Waals surface area contributed by atoms with E-state index in [0.29, 0.717) is 11.5 Å². The number of rotatable bonds is 5. The number of anilines is 1. The van der Waals surface area contributed by atoms with Crippen LogP contribution in [0.4, 0.5) is 5.82 Å². The molecule has 2 rings (SSSR count). The van der Waals surface area contributed by atoms with Crippen LogP contribution in [0, 0.1) is 11.3 Å². The fraction of sp³-hybridized carbons (Fsp3) is 0.214. The molecule has 5 nitrogen and oxygen atoms in total. The summed E-state index contributed by atoms with van der Waals surface area (Å²) in [6, 6.07) is 13.1. The Bertz CT molecular complexity index is 557. The number of benzene rings is 1. The molecule has 2 aromatic rings. The number of nitriles is 1. The second kappa shape index (κ2) is 6.47. The van der Waals surface area contributed by atoms with Gasteiger partial charge in [0.25, 0.3) is 0 Å². The molecule has 0 saturated heterocycles. The van der Waals surface area contributed by atoms with Crippen molar-refractivity contribution in [2.24, 2.45) is 0 Å². The van der Waals surface area contributed by atoms with E-state index in [0.717, 1.165) is 18.5 Å². The third-order valence-corrected chi connectivity index (χ3v) is 2.70. The summed E-state index contributed by atoms with van der Waals surface area (Å²) in [5.41, 5.74) is 2.41. The smallest absolute Gasteiger partial charge is 0.163 e. The monoisotopic (exact) mass is 254 g/mol. The summed E-state index contributed by atoms with van der Waals surface area (Å²) < 4.78 is 0. The number of hydrogen-bond acceptors (Lipinski definition) is 5. The van der Waals surface area contributed by atoms with E-state index in [2.05, 4.69) is 15.5 Å². The molecule has 1 aromatic carbocycles. The molecule has 0 spiro atoms. The number of nitrogens with zero attached hydrogens (tertiary/aromatic N) is 3. The van der Waals surface area contributed by atoms with E-state index in [1.807, 2.05) is 30.3 Å². The molecule has 0 fully saturated rings. The van der Waals surface area contributed by atoms with Gasteiger partial charge < -0.3 is 10.4 Å². The van der Waals surface area contributed by atoms with Gasteiger partial charge in [-0.3, -0.25) is 0 Å². The van der Waals surface area contributed by atoms with Gasteiger partial charge in [0.15, 0.2) is 5.69 Å². The molecule has 0 aliphatic carbocycles. The van der Waals surface area contributed by atoms with Gasteiger partial charge in [0, 0.05) is 6.54 Å². The van der Waals surface area contributed by atoms with Crippen LogP contribution in [0.15, 0.2) is 36.4 Å². The van der Waals surface area contributed by atoms with Crippen LogP contribution in [0.2, 0.25) is 0 Å². The molecule has 0 unspecified atom stereocenters. The van der Waals surface area contributed by atoms with Crippen LogP contribution in [0.5, 0.6) is 0 Å². The SMILES string of the molecule is N#Cc1ccc(NCCc2ccc(CO)cc2)nn1. The molecule has 1 heterocycles. The van der Waals surface area contributed by atoms with Crippen molar-refractivity contribution < 1.29 is 5.11 Å². The van der Waals surface area contributed by atoms with E-state index in [9.17, 15) is 0 Å². The van der Waals surface area contributed by atoms with E-state index in [4.69, 9.17) is 10.4 Å². The van der Waals surface area contributed by atoms with Crippen LogP contribution in [0.25, 0.3) is 0 Å². The van der Waals surface area contributed by atoms with Gasteiger partial charge in [-0.2, -0.15) is 5.26 Å². The fourth-order valence-electron chi connectivity index (χ4n) is 1.63. The summed E-state index contributed by atoms with van der Waals surface area (Å²) in [6.07, 6.45) is 0.855. The van der Waals surface area contributed by atoms with Crippen LogP contribution < -0.4 is 5.32 Å². The Hall–Kier alpha value is -2.45. The molecule has 19 heavy (non-hydrogen) atoms. The maximum absolute atomic E-state index is 8.95. The van der Waals surface area contributed by atoms with E-state index in [1.54, 1.807) is 12.1 Å². The van der Waals surface area contributed by atoms with Crippen LogP contribution in [0.3, 0.4) is 0 Å². The minimum Gasteiger partial charge on any atom is -0.392 e. The first-order valence-corrected chi connectivity index (χ1v) is 5.98. The summed E-state index contributed by atoms with van der Waals surface area (Å²) >= 11 is 0. The fourth-order valence-corrected chi connectivity index (χ4v) is 1.63. The van der Waals surface area contributed by atoms with E-state index in [1.165, 1.54) is 5.56 Å². The van der Waals surface area contributed by atoms with Crippen molar-refractivity contribution in [1.29, 1.82) is 5.26 Å². The number of aliphatic hydroxyl groups excluding tert-OH is 1. The Morgan fingerprint density at radius 1 is 1.05 bits per heavy atom. The zero-order valence-electron chi connectivity index (χ0n) is 10.4. The van der Waals surface area contributed by atoms with Crippen molar-refractivity contribution in [3.63, 3.8) is 0 Å². The molecule has 0 saturated carbocycles. The molecule has 0 atom stereocenters. The van der Waals surface area contributed by atoms with E-state index in [-0.39, 0.29) is 6.61 Å². The maximum Gasteiger partial charge on any atom is 0.163 e. The van der Waals surface area contributed by atoms with Gasteiger partial charge >= 0.3 is 0 Å². The van der Waals surface area contributed by atoms with Crippen molar-refractivity contribution >= 4 is 5.82 Å². The predicted molar refractivity (Wildman–Crippen MR) is 71.3 cm³/mol. The Balaban J connectivity index is 1.83. The molecule has 0 radical (unpaired) electrons. The van der Waals surface area contributed by atoms with Gasteiger partial charge in [-0.05, 0) is 29.7 Å². The third-order valence-electron chi connectivity index (χ3n) is 2.70. The summed E-state index contributed by atoms with van der Waals surface area (Å²) in [4.78, 5) is 0. The average molecular weight is 254 g/mol. The molecule has 0 bridgehead atoms. The lowest BCUT2D eigenvalue weighted by atomic mass is 10.1. The molecule has 0 amide bonds. The third kappa shape index (κ3) is 3.76. The van der Waals surface area contributed by atoms with Crippen molar-refractivity contribution in [2.45, 2.75) is 13.0 Å².